The topological polar surface area (TPSA) is 63.5 Å². The maximum atomic E-state index is 13.5. The highest BCUT2D eigenvalue weighted by molar-refractivity contribution is 5.73. The molecule has 0 aromatic heterocycles. The number of halogens is 6. The number of rotatable bonds is 10. The molecule has 2 aliphatic heterocycles. The van der Waals surface area contributed by atoms with Crippen LogP contribution in [0.1, 0.15) is 42.0 Å². The lowest BCUT2D eigenvalue weighted by Crippen LogP contribution is -2.53. The van der Waals surface area contributed by atoms with Crippen molar-refractivity contribution in [2.75, 3.05) is 26.5 Å². The Labute approximate surface area is 250 Å². The van der Waals surface area contributed by atoms with Crippen LogP contribution in [0, 0.1) is 0 Å². The minimum Gasteiger partial charge on any atom is -0.493 e. The number of hydrogen-bond donors (Lipinski definition) is 1. The van der Waals surface area contributed by atoms with Gasteiger partial charge < -0.3 is 24.2 Å². The zero-order valence-corrected chi connectivity index (χ0v) is 23.7. The minimum atomic E-state index is -5.99. The maximum absolute atomic E-state index is 13.5. The van der Waals surface area contributed by atoms with Crippen LogP contribution in [-0.2, 0) is 11.1 Å². The molecule has 0 saturated heterocycles. The zero-order chi connectivity index (χ0) is 31.6. The van der Waals surface area contributed by atoms with Gasteiger partial charge in [0.05, 0.1) is 12.9 Å². The van der Waals surface area contributed by atoms with Crippen molar-refractivity contribution in [3.05, 3.63) is 89.0 Å². The Bertz CT molecular complexity index is 1510. The average Bonchev–Trinajstić information content (AvgIpc) is 3.62. The van der Waals surface area contributed by atoms with Crippen molar-refractivity contribution in [3.8, 4) is 17.2 Å². The van der Waals surface area contributed by atoms with E-state index in [4.69, 9.17) is 19.2 Å². The summed E-state index contributed by atoms with van der Waals surface area (Å²) in [7, 11) is 0. The molecule has 44 heavy (non-hydrogen) atoms. The van der Waals surface area contributed by atoms with E-state index in [1.807, 2.05) is 25.1 Å². The predicted molar refractivity (Wildman–Crippen MR) is 153 cm³/mol. The van der Waals surface area contributed by atoms with E-state index < -0.39 is 29.1 Å². The number of hydrogen-bond acceptors (Lipinski definition) is 6. The minimum absolute atomic E-state index is 0.0375. The lowest BCUT2D eigenvalue weighted by atomic mass is 9.90. The molecule has 3 aromatic carbocycles. The van der Waals surface area contributed by atoms with Gasteiger partial charge in [-0.3, -0.25) is 4.99 Å². The van der Waals surface area contributed by atoms with Crippen molar-refractivity contribution >= 4 is 18.5 Å². The van der Waals surface area contributed by atoms with Crippen LogP contribution in [0.4, 0.5) is 26.3 Å². The van der Waals surface area contributed by atoms with Crippen LogP contribution >= 0.6 is 0 Å². The molecule has 0 aliphatic carbocycles. The number of nitrogens with zero attached hydrogens (tertiary/aromatic N) is 2. The van der Waals surface area contributed by atoms with E-state index in [1.165, 1.54) is 12.2 Å². The van der Waals surface area contributed by atoms with Gasteiger partial charge in [0.15, 0.2) is 11.5 Å². The van der Waals surface area contributed by atoms with Crippen molar-refractivity contribution in [1.29, 1.82) is 0 Å². The van der Waals surface area contributed by atoms with Crippen molar-refractivity contribution < 1.29 is 45.7 Å². The Balaban J connectivity index is 1.23. The second kappa shape index (κ2) is 12.1. The fraction of sp³-hybridized carbons (Fsp3) is 0.344. The van der Waals surface area contributed by atoms with Crippen LogP contribution < -0.4 is 14.2 Å². The third-order valence-corrected chi connectivity index (χ3v) is 7.61. The number of alkyl halides is 6. The van der Waals surface area contributed by atoms with Crippen LogP contribution in [-0.4, -0.2) is 55.2 Å². The standard InChI is InChI=1S/C32H30F6N2O4/c1-29(24-11-14-27-28(18-24)44-21-43-27)19-40(20-39-29)15-5-6-16-42-26-13-12-25(30(41,31(33,34)35)32(36,37)38)17-23(26)10-9-22-7-3-2-4-8-22/h2-4,7-14,17-18,20,41H,5-6,15-16,19,21H2,1H3. The molecule has 12 heteroatoms. The van der Waals surface area contributed by atoms with Crippen LogP contribution in [0.2, 0.25) is 0 Å². The lowest BCUT2D eigenvalue weighted by Gasteiger charge is -2.33. The highest BCUT2D eigenvalue weighted by atomic mass is 19.4. The lowest BCUT2D eigenvalue weighted by molar-refractivity contribution is -0.376. The van der Waals surface area contributed by atoms with E-state index in [0.717, 1.165) is 11.6 Å². The molecule has 234 valence electrons. The number of aliphatic imine (C=N–C) groups is 1. The smallest absolute Gasteiger partial charge is 0.430 e. The fourth-order valence-electron chi connectivity index (χ4n) is 5.09. The molecule has 0 fully saturated rings. The molecule has 2 aliphatic rings. The zero-order valence-electron chi connectivity index (χ0n) is 23.7. The summed E-state index contributed by atoms with van der Waals surface area (Å²) in [5.74, 6) is 1.47. The predicted octanol–water partition coefficient (Wildman–Crippen LogP) is 7.32. The summed E-state index contributed by atoms with van der Waals surface area (Å²) < 4.78 is 97.9. The molecule has 1 unspecified atom stereocenters. The summed E-state index contributed by atoms with van der Waals surface area (Å²) in [5.41, 5.74) is -5.23. The van der Waals surface area contributed by atoms with Gasteiger partial charge in [0.25, 0.3) is 5.60 Å². The first-order valence-electron chi connectivity index (χ1n) is 13.9. The number of unbranched alkanes of at least 4 members (excludes halogenated alkanes) is 1. The van der Waals surface area contributed by atoms with Crippen LogP contribution in [0.3, 0.4) is 0 Å². The van der Waals surface area contributed by atoms with E-state index in [9.17, 15) is 31.4 Å². The Morgan fingerprint density at radius 3 is 2.36 bits per heavy atom. The van der Waals surface area contributed by atoms with E-state index in [2.05, 4.69) is 4.90 Å². The Morgan fingerprint density at radius 2 is 1.64 bits per heavy atom. The Kier molecular flexibility index (Phi) is 8.57. The summed E-state index contributed by atoms with van der Waals surface area (Å²) in [5, 5.41) is 9.91. The Hall–Kier alpha value is -4.19. The van der Waals surface area contributed by atoms with Gasteiger partial charge in [0.2, 0.25) is 6.79 Å². The highest BCUT2D eigenvalue weighted by Gasteiger charge is 2.71. The average molecular weight is 621 g/mol. The SMILES string of the molecule is CC1(c2ccc3c(c2)OCO3)CN(CCCCOc2ccc(C(O)(C(F)(F)F)C(F)(F)F)cc2C=Cc2ccccc2)C=N1. The van der Waals surface area contributed by atoms with Crippen molar-refractivity contribution in [3.63, 3.8) is 0 Å². The van der Waals surface area contributed by atoms with Gasteiger partial charge in [-0.15, -0.1) is 0 Å². The number of aliphatic hydroxyl groups is 1. The van der Waals surface area contributed by atoms with Crippen molar-refractivity contribution in [1.82, 2.24) is 4.90 Å². The number of ether oxygens (including phenoxy) is 3. The largest absolute Gasteiger partial charge is 0.493 e. The molecule has 0 saturated carbocycles. The third-order valence-electron chi connectivity index (χ3n) is 7.61. The molecule has 2 heterocycles. The summed E-state index contributed by atoms with van der Waals surface area (Å²) in [4.78, 5) is 6.77. The van der Waals surface area contributed by atoms with Gasteiger partial charge in [0.1, 0.15) is 11.3 Å². The molecular weight excluding hydrogens is 590 g/mol. The first-order chi connectivity index (χ1) is 20.8. The molecule has 1 N–H and O–H groups in total. The van der Waals surface area contributed by atoms with Crippen LogP contribution in [0.15, 0.2) is 71.7 Å². The highest BCUT2D eigenvalue weighted by Crippen LogP contribution is 2.50. The number of fused-ring (bicyclic) bond motifs is 1. The molecule has 0 spiro atoms. The van der Waals surface area contributed by atoms with Gasteiger partial charge in [-0.1, -0.05) is 54.6 Å². The molecule has 0 amide bonds. The summed E-state index contributed by atoms with van der Waals surface area (Å²) in [6.45, 7) is 3.68. The van der Waals surface area contributed by atoms with Crippen molar-refractivity contribution in [2.45, 2.75) is 43.3 Å². The summed E-state index contributed by atoms with van der Waals surface area (Å²) in [6.07, 6.45) is -6.05. The molecular formula is C32H30F6N2O4. The first-order valence-corrected chi connectivity index (χ1v) is 13.9. The molecule has 0 bridgehead atoms. The molecule has 3 aromatic rings. The normalized spacial score (nSPS) is 18.4. The second-order valence-corrected chi connectivity index (χ2v) is 10.8. The number of benzene rings is 3. The van der Waals surface area contributed by atoms with E-state index in [-0.39, 0.29) is 24.7 Å². The van der Waals surface area contributed by atoms with Crippen LogP contribution in [0.5, 0.6) is 17.2 Å². The van der Waals surface area contributed by atoms with Crippen molar-refractivity contribution in [2.24, 2.45) is 4.99 Å². The molecule has 5 rings (SSSR count). The Morgan fingerprint density at radius 1 is 0.909 bits per heavy atom. The second-order valence-electron chi connectivity index (χ2n) is 10.8. The molecule has 1 atom stereocenters. The van der Waals surface area contributed by atoms with E-state index >= 15 is 0 Å². The third kappa shape index (κ3) is 6.35. The van der Waals surface area contributed by atoms with Gasteiger partial charge in [0, 0.05) is 24.2 Å². The van der Waals surface area contributed by atoms with Gasteiger partial charge in [-0.05, 0) is 55.2 Å². The quantitative estimate of drug-likeness (QED) is 0.146. The fourth-order valence-corrected chi connectivity index (χ4v) is 5.09. The van der Waals surface area contributed by atoms with Gasteiger partial charge in [-0.25, -0.2) is 0 Å². The van der Waals surface area contributed by atoms with E-state index in [1.54, 1.807) is 36.7 Å². The molecule has 6 nitrogen and oxygen atoms in total. The van der Waals surface area contributed by atoms with E-state index in [0.29, 0.717) is 55.1 Å². The molecule has 0 radical (unpaired) electrons. The first kappa shape index (κ1) is 31.2. The van der Waals surface area contributed by atoms with Gasteiger partial charge >= 0.3 is 12.4 Å². The monoisotopic (exact) mass is 620 g/mol. The summed E-state index contributed by atoms with van der Waals surface area (Å²) >= 11 is 0. The maximum Gasteiger partial charge on any atom is 0.430 e. The summed E-state index contributed by atoms with van der Waals surface area (Å²) in [6, 6.07) is 16.7. The van der Waals surface area contributed by atoms with Crippen LogP contribution in [0.25, 0.3) is 12.2 Å². The van der Waals surface area contributed by atoms with Gasteiger partial charge in [-0.2, -0.15) is 26.3 Å².